The van der Waals surface area contributed by atoms with Crippen molar-refractivity contribution in [3.8, 4) is 0 Å². The fourth-order valence-electron chi connectivity index (χ4n) is 1.20. The summed E-state index contributed by atoms with van der Waals surface area (Å²) in [7, 11) is 0. The van der Waals surface area contributed by atoms with Crippen LogP contribution in [0.2, 0.25) is 0 Å². The van der Waals surface area contributed by atoms with Crippen LogP contribution in [0.4, 0.5) is 0 Å². The van der Waals surface area contributed by atoms with Crippen molar-refractivity contribution >= 4 is 0 Å². The molecule has 0 aromatic carbocycles. The van der Waals surface area contributed by atoms with Gasteiger partial charge in [0.05, 0.1) is 17.9 Å². The number of hydrogen-bond acceptors (Lipinski definition) is 3. The van der Waals surface area contributed by atoms with Crippen molar-refractivity contribution in [1.29, 1.82) is 0 Å². The van der Waals surface area contributed by atoms with Crippen LogP contribution in [0.15, 0.2) is 18.3 Å². The minimum absolute atomic E-state index is 0.107. The van der Waals surface area contributed by atoms with Gasteiger partial charge in [-0.3, -0.25) is 4.98 Å². The zero-order chi connectivity index (χ0) is 12.0. The molecule has 1 aromatic rings. The zero-order valence-corrected chi connectivity index (χ0v) is 10.7. The van der Waals surface area contributed by atoms with Crippen molar-refractivity contribution in [1.82, 2.24) is 10.3 Å². The topological polar surface area (TPSA) is 34.1 Å². The van der Waals surface area contributed by atoms with Gasteiger partial charge < -0.3 is 10.1 Å². The number of rotatable bonds is 5. The number of ether oxygens (including phenoxy) is 1. The molecule has 0 saturated heterocycles. The quantitative estimate of drug-likeness (QED) is 0.831. The highest BCUT2D eigenvalue weighted by Crippen LogP contribution is 2.10. The zero-order valence-electron chi connectivity index (χ0n) is 10.7. The second kappa shape index (κ2) is 5.97. The van der Waals surface area contributed by atoms with Crippen LogP contribution in [0.25, 0.3) is 0 Å². The SMILES string of the molecule is CCNCc1ccc(COC(C)(C)C)nc1. The molecule has 90 valence electrons. The maximum absolute atomic E-state index is 5.66. The lowest BCUT2D eigenvalue weighted by atomic mass is 10.2. The van der Waals surface area contributed by atoms with E-state index in [0.29, 0.717) is 6.61 Å². The van der Waals surface area contributed by atoms with Crippen LogP contribution in [0.3, 0.4) is 0 Å². The van der Waals surface area contributed by atoms with Crippen molar-refractivity contribution < 1.29 is 4.74 Å². The number of pyridine rings is 1. The first-order valence-corrected chi connectivity index (χ1v) is 5.80. The molecular weight excluding hydrogens is 200 g/mol. The summed E-state index contributed by atoms with van der Waals surface area (Å²) in [4.78, 5) is 4.37. The van der Waals surface area contributed by atoms with E-state index in [2.05, 4.69) is 23.3 Å². The van der Waals surface area contributed by atoms with Crippen LogP contribution in [-0.4, -0.2) is 17.1 Å². The maximum Gasteiger partial charge on any atom is 0.0894 e. The van der Waals surface area contributed by atoms with E-state index in [1.165, 1.54) is 5.56 Å². The first kappa shape index (κ1) is 13.1. The van der Waals surface area contributed by atoms with Gasteiger partial charge in [-0.25, -0.2) is 0 Å². The van der Waals surface area contributed by atoms with Crippen molar-refractivity contribution in [2.75, 3.05) is 6.54 Å². The first-order valence-electron chi connectivity index (χ1n) is 5.80. The molecule has 3 nitrogen and oxygen atoms in total. The molecule has 0 spiro atoms. The van der Waals surface area contributed by atoms with E-state index >= 15 is 0 Å². The summed E-state index contributed by atoms with van der Waals surface area (Å²) in [5.41, 5.74) is 2.08. The molecule has 1 rings (SSSR count). The van der Waals surface area contributed by atoms with Gasteiger partial charge in [0, 0.05) is 12.7 Å². The van der Waals surface area contributed by atoms with Crippen LogP contribution in [-0.2, 0) is 17.9 Å². The summed E-state index contributed by atoms with van der Waals surface area (Å²) in [6.07, 6.45) is 1.91. The van der Waals surface area contributed by atoms with Gasteiger partial charge in [-0.05, 0) is 38.9 Å². The Morgan fingerprint density at radius 3 is 2.56 bits per heavy atom. The van der Waals surface area contributed by atoms with Crippen LogP contribution in [0, 0.1) is 0 Å². The highest BCUT2D eigenvalue weighted by atomic mass is 16.5. The second-order valence-electron chi connectivity index (χ2n) is 4.84. The average molecular weight is 222 g/mol. The van der Waals surface area contributed by atoms with Gasteiger partial charge >= 0.3 is 0 Å². The predicted molar refractivity (Wildman–Crippen MR) is 66.2 cm³/mol. The Morgan fingerprint density at radius 2 is 2.06 bits per heavy atom. The van der Waals surface area contributed by atoms with Crippen molar-refractivity contribution in [3.05, 3.63) is 29.6 Å². The monoisotopic (exact) mass is 222 g/mol. The molecule has 16 heavy (non-hydrogen) atoms. The molecule has 0 aliphatic heterocycles. The highest BCUT2D eigenvalue weighted by molar-refractivity contribution is 5.13. The Morgan fingerprint density at radius 1 is 1.31 bits per heavy atom. The van der Waals surface area contributed by atoms with E-state index in [0.717, 1.165) is 18.8 Å². The molecule has 0 aliphatic carbocycles. The van der Waals surface area contributed by atoms with Crippen molar-refractivity contribution in [3.63, 3.8) is 0 Å². The Kier molecular flexibility index (Phi) is 4.90. The van der Waals surface area contributed by atoms with Crippen molar-refractivity contribution in [2.24, 2.45) is 0 Å². The summed E-state index contributed by atoms with van der Waals surface area (Å²) >= 11 is 0. The minimum Gasteiger partial charge on any atom is -0.370 e. The van der Waals surface area contributed by atoms with Gasteiger partial charge in [0.25, 0.3) is 0 Å². The van der Waals surface area contributed by atoms with E-state index in [-0.39, 0.29) is 5.60 Å². The Balaban J connectivity index is 2.45. The van der Waals surface area contributed by atoms with E-state index in [4.69, 9.17) is 4.74 Å². The van der Waals surface area contributed by atoms with E-state index in [1.54, 1.807) is 0 Å². The standard InChI is InChI=1S/C13H22N2O/c1-5-14-8-11-6-7-12(15-9-11)10-16-13(2,3)4/h6-7,9,14H,5,8,10H2,1-4H3. The largest absolute Gasteiger partial charge is 0.370 e. The normalized spacial score (nSPS) is 11.8. The van der Waals surface area contributed by atoms with Gasteiger partial charge in [-0.1, -0.05) is 13.0 Å². The molecule has 0 radical (unpaired) electrons. The smallest absolute Gasteiger partial charge is 0.0894 e. The molecule has 3 heteroatoms. The van der Waals surface area contributed by atoms with Gasteiger partial charge in [0.15, 0.2) is 0 Å². The first-order chi connectivity index (χ1) is 7.51. The molecule has 1 N–H and O–H groups in total. The molecule has 0 amide bonds. The third-order valence-corrected chi connectivity index (χ3v) is 2.12. The summed E-state index contributed by atoms with van der Waals surface area (Å²) in [6, 6.07) is 4.12. The number of nitrogens with one attached hydrogen (secondary N) is 1. The van der Waals surface area contributed by atoms with Gasteiger partial charge in [0.2, 0.25) is 0 Å². The van der Waals surface area contributed by atoms with Crippen LogP contribution in [0.5, 0.6) is 0 Å². The summed E-state index contributed by atoms with van der Waals surface area (Å²) in [5, 5.41) is 3.27. The third kappa shape index (κ3) is 5.24. The van der Waals surface area contributed by atoms with Gasteiger partial charge in [-0.15, -0.1) is 0 Å². The van der Waals surface area contributed by atoms with E-state index in [1.807, 2.05) is 33.0 Å². The summed E-state index contributed by atoms with van der Waals surface area (Å²) in [5.74, 6) is 0. The Labute approximate surface area is 98.2 Å². The fraction of sp³-hybridized carbons (Fsp3) is 0.615. The van der Waals surface area contributed by atoms with Crippen LogP contribution < -0.4 is 5.32 Å². The summed E-state index contributed by atoms with van der Waals surface area (Å²) in [6.45, 7) is 10.7. The lowest BCUT2D eigenvalue weighted by molar-refractivity contribution is -0.0164. The average Bonchev–Trinajstić information content (AvgIpc) is 2.24. The molecule has 1 aromatic heterocycles. The minimum atomic E-state index is -0.107. The fourth-order valence-corrected chi connectivity index (χ4v) is 1.20. The lowest BCUT2D eigenvalue weighted by Gasteiger charge is -2.19. The van der Waals surface area contributed by atoms with E-state index in [9.17, 15) is 0 Å². The molecular formula is C13H22N2O. The summed E-state index contributed by atoms with van der Waals surface area (Å²) < 4.78 is 5.66. The third-order valence-electron chi connectivity index (χ3n) is 2.12. The predicted octanol–water partition coefficient (Wildman–Crippen LogP) is 2.51. The molecule has 0 atom stereocenters. The van der Waals surface area contributed by atoms with E-state index < -0.39 is 0 Å². The molecule has 1 heterocycles. The Hall–Kier alpha value is -0.930. The number of hydrogen-bond donors (Lipinski definition) is 1. The van der Waals surface area contributed by atoms with Crippen molar-refractivity contribution in [2.45, 2.75) is 46.4 Å². The second-order valence-corrected chi connectivity index (χ2v) is 4.84. The number of aromatic nitrogens is 1. The lowest BCUT2D eigenvalue weighted by Crippen LogP contribution is -2.19. The van der Waals surface area contributed by atoms with Crippen LogP contribution >= 0.6 is 0 Å². The van der Waals surface area contributed by atoms with Crippen LogP contribution in [0.1, 0.15) is 39.0 Å². The van der Waals surface area contributed by atoms with Gasteiger partial charge in [0.1, 0.15) is 0 Å². The molecule has 0 aliphatic rings. The van der Waals surface area contributed by atoms with Gasteiger partial charge in [-0.2, -0.15) is 0 Å². The molecule has 0 unspecified atom stereocenters. The highest BCUT2D eigenvalue weighted by Gasteiger charge is 2.10. The Bertz CT molecular complexity index is 301. The molecule has 0 bridgehead atoms. The number of nitrogens with zero attached hydrogens (tertiary/aromatic N) is 1. The maximum atomic E-state index is 5.66. The molecule has 0 fully saturated rings. The molecule has 0 saturated carbocycles.